The summed E-state index contributed by atoms with van der Waals surface area (Å²) in [6.07, 6.45) is 2.33. The molecule has 0 radical (unpaired) electrons. The molecule has 0 heterocycles. The van der Waals surface area contributed by atoms with Crippen LogP contribution < -0.4 is 9.47 Å². The van der Waals surface area contributed by atoms with Crippen molar-refractivity contribution in [2.75, 3.05) is 13.7 Å². The van der Waals surface area contributed by atoms with Gasteiger partial charge in [0.1, 0.15) is 11.5 Å². The summed E-state index contributed by atoms with van der Waals surface area (Å²) in [5.74, 6) is 1.36. The van der Waals surface area contributed by atoms with Crippen LogP contribution in [0.2, 0.25) is 0 Å². The maximum Gasteiger partial charge on any atom is 0.269 e. The van der Waals surface area contributed by atoms with E-state index in [1.807, 2.05) is 29.2 Å². The number of methoxy groups -OCH3 is 1. The molecule has 0 atom stereocenters. The number of carbonyl (C=O) groups is 1. The molecule has 1 saturated carbocycles. The minimum atomic E-state index is -0.458. The van der Waals surface area contributed by atoms with Gasteiger partial charge in [0.05, 0.1) is 25.1 Å². The first-order valence-corrected chi connectivity index (χ1v) is 8.86. The summed E-state index contributed by atoms with van der Waals surface area (Å²) in [7, 11) is 1.62. The van der Waals surface area contributed by atoms with E-state index in [2.05, 4.69) is 0 Å². The Labute approximate surface area is 157 Å². The van der Waals surface area contributed by atoms with Gasteiger partial charge in [0.25, 0.3) is 5.69 Å². The van der Waals surface area contributed by atoms with Crippen molar-refractivity contribution in [2.45, 2.75) is 31.8 Å². The van der Waals surface area contributed by atoms with Gasteiger partial charge in [-0.25, -0.2) is 0 Å². The summed E-state index contributed by atoms with van der Waals surface area (Å²) in [6.45, 7) is 0.813. The van der Waals surface area contributed by atoms with Crippen LogP contribution in [0.1, 0.15) is 24.8 Å². The highest BCUT2D eigenvalue weighted by Gasteiger charge is 2.32. The van der Waals surface area contributed by atoms with Crippen molar-refractivity contribution in [2.24, 2.45) is 0 Å². The number of carbonyl (C=O) groups excluding carboxylic acids is 1. The minimum Gasteiger partial charge on any atom is -0.497 e. The van der Waals surface area contributed by atoms with Gasteiger partial charge < -0.3 is 14.4 Å². The first-order valence-electron chi connectivity index (χ1n) is 8.86. The molecule has 1 amide bonds. The fraction of sp³-hybridized carbons (Fsp3) is 0.350. The van der Waals surface area contributed by atoms with Crippen LogP contribution in [-0.2, 0) is 11.3 Å². The van der Waals surface area contributed by atoms with E-state index >= 15 is 0 Å². The van der Waals surface area contributed by atoms with Crippen molar-refractivity contribution in [1.82, 2.24) is 4.90 Å². The Morgan fingerprint density at radius 2 is 1.74 bits per heavy atom. The number of hydrogen-bond donors (Lipinski definition) is 0. The van der Waals surface area contributed by atoms with Crippen LogP contribution in [0.3, 0.4) is 0 Å². The monoisotopic (exact) mass is 370 g/mol. The van der Waals surface area contributed by atoms with Gasteiger partial charge >= 0.3 is 0 Å². The van der Waals surface area contributed by atoms with Gasteiger partial charge in [-0.05, 0) is 42.7 Å². The van der Waals surface area contributed by atoms with E-state index in [1.54, 1.807) is 19.2 Å². The van der Waals surface area contributed by atoms with E-state index in [1.165, 1.54) is 12.1 Å². The van der Waals surface area contributed by atoms with Crippen LogP contribution in [0.25, 0.3) is 0 Å². The number of ether oxygens (including phenoxy) is 2. The average molecular weight is 370 g/mol. The maximum atomic E-state index is 12.6. The molecule has 0 aliphatic heterocycles. The lowest BCUT2D eigenvalue weighted by Crippen LogP contribution is -2.33. The molecule has 7 nitrogen and oxygen atoms in total. The standard InChI is InChI=1S/C20H22N2O5/c1-26-18-8-2-15(3-9-18)14-21(16-4-5-16)20(23)12-13-27-19-10-6-17(7-11-19)22(24)25/h2-3,6-11,16H,4-5,12-14H2,1H3. The smallest absolute Gasteiger partial charge is 0.269 e. The van der Waals surface area contributed by atoms with Crippen LogP contribution in [0.5, 0.6) is 11.5 Å². The third kappa shape index (κ3) is 5.20. The predicted molar refractivity (Wildman–Crippen MR) is 99.8 cm³/mol. The van der Waals surface area contributed by atoms with Gasteiger partial charge in [0.2, 0.25) is 5.91 Å². The molecule has 3 rings (SSSR count). The Balaban J connectivity index is 1.51. The summed E-state index contributed by atoms with van der Waals surface area (Å²) < 4.78 is 10.7. The third-order valence-electron chi connectivity index (χ3n) is 4.45. The van der Waals surface area contributed by atoms with Gasteiger partial charge in [-0.15, -0.1) is 0 Å². The van der Waals surface area contributed by atoms with Crippen molar-refractivity contribution in [1.29, 1.82) is 0 Å². The number of nitro benzene ring substituents is 1. The summed E-state index contributed by atoms with van der Waals surface area (Å²) in [6, 6.07) is 13.9. The lowest BCUT2D eigenvalue weighted by molar-refractivity contribution is -0.384. The molecular formula is C20H22N2O5. The van der Waals surface area contributed by atoms with Crippen LogP contribution in [0.15, 0.2) is 48.5 Å². The van der Waals surface area contributed by atoms with Crippen LogP contribution in [0.4, 0.5) is 5.69 Å². The van der Waals surface area contributed by atoms with Crippen LogP contribution >= 0.6 is 0 Å². The molecule has 7 heteroatoms. The number of non-ortho nitro benzene ring substituents is 1. The topological polar surface area (TPSA) is 81.9 Å². The first kappa shape index (κ1) is 18.7. The van der Waals surface area contributed by atoms with Crippen molar-refractivity contribution >= 4 is 11.6 Å². The summed E-state index contributed by atoms with van der Waals surface area (Å²) in [5.41, 5.74) is 1.07. The van der Waals surface area contributed by atoms with Crippen LogP contribution in [-0.4, -0.2) is 35.5 Å². The highest BCUT2D eigenvalue weighted by molar-refractivity contribution is 5.77. The molecule has 1 aliphatic rings. The normalized spacial score (nSPS) is 13.1. The molecular weight excluding hydrogens is 348 g/mol. The first-order chi connectivity index (χ1) is 13.1. The summed E-state index contributed by atoms with van der Waals surface area (Å²) in [5, 5.41) is 10.7. The molecule has 0 N–H and O–H groups in total. The van der Waals surface area contributed by atoms with Crippen molar-refractivity contribution in [3.8, 4) is 11.5 Å². The molecule has 0 aromatic heterocycles. The molecule has 142 valence electrons. The SMILES string of the molecule is COc1ccc(CN(C(=O)CCOc2ccc([N+](=O)[O-])cc2)C2CC2)cc1. The van der Waals surface area contributed by atoms with Crippen molar-refractivity contribution in [3.05, 3.63) is 64.2 Å². The number of nitrogens with zero attached hydrogens (tertiary/aromatic N) is 2. The van der Waals surface area contributed by atoms with E-state index in [9.17, 15) is 14.9 Å². The number of benzene rings is 2. The molecule has 0 saturated heterocycles. The highest BCUT2D eigenvalue weighted by atomic mass is 16.6. The quantitative estimate of drug-likeness (QED) is 0.498. The molecule has 2 aromatic rings. The number of amides is 1. The molecule has 0 unspecified atom stereocenters. The Hall–Kier alpha value is -3.09. The Bertz CT molecular complexity index is 785. The highest BCUT2D eigenvalue weighted by Crippen LogP contribution is 2.29. The third-order valence-corrected chi connectivity index (χ3v) is 4.45. The zero-order valence-electron chi connectivity index (χ0n) is 15.2. The Morgan fingerprint density at radius 3 is 2.30 bits per heavy atom. The summed E-state index contributed by atoms with van der Waals surface area (Å²) in [4.78, 5) is 24.7. The van der Waals surface area contributed by atoms with Gasteiger partial charge in [0.15, 0.2) is 0 Å². The molecule has 27 heavy (non-hydrogen) atoms. The number of hydrogen-bond acceptors (Lipinski definition) is 5. The summed E-state index contributed by atoms with van der Waals surface area (Å²) >= 11 is 0. The van der Waals surface area contributed by atoms with E-state index < -0.39 is 4.92 Å². The van der Waals surface area contributed by atoms with E-state index in [0.29, 0.717) is 18.3 Å². The van der Waals surface area contributed by atoms with Gasteiger partial charge in [-0.3, -0.25) is 14.9 Å². The molecule has 0 spiro atoms. The molecule has 1 aliphatic carbocycles. The van der Waals surface area contributed by atoms with E-state index in [0.717, 1.165) is 24.2 Å². The largest absolute Gasteiger partial charge is 0.497 e. The van der Waals surface area contributed by atoms with E-state index in [-0.39, 0.29) is 24.6 Å². The molecule has 1 fully saturated rings. The zero-order valence-corrected chi connectivity index (χ0v) is 15.2. The second-order valence-electron chi connectivity index (χ2n) is 6.45. The number of nitro groups is 1. The lowest BCUT2D eigenvalue weighted by Gasteiger charge is -2.23. The maximum absolute atomic E-state index is 12.6. The van der Waals surface area contributed by atoms with Crippen molar-refractivity contribution < 1.29 is 19.2 Å². The predicted octanol–water partition coefficient (Wildman–Crippen LogP) is 3.56. The fourth-order valence-corrected chi connectivity index (χ4v) is 2.80. The second-order valence-corrected chi connectivity index (χ2v) is 6.45. The minimum absolute atomic E-state index is 0.0119. The Morgan fingerprint density at radius 1 is 1.11 bits per heavy atom. The molecule has 0 bridgehead atoms. The van der Waals surface area contributed by atoms with E-state index in [4.69, 9.17) is 9.47 Å². The fourth-order valence-electron chi connectivity index (χ4n) is 2.80. The Kier molecular flexibility index (Phi) is 5.90. The van der Waals surface area contributed by atoms with Gasteiger partial charge in [-0.1, -0.05) is 12.1 Å². The van der Waals surface area contributed by atoms with Crippen LogP contribution in [0, 0.1) is 10.1 Å². The van der Waals surface area contributed by atoms with Crippen molar-refractivity contribution in [3.63, 3.8) is 0 Å². The zero-order chi connectivity index (χ0) is 19.2. The number of rotatable bonds is 9. The lowest BCUT2D eigenvalue weighted by atomic mass is 10.2. The van der Waals surface area contributed by atoms with Gasteiger partial charge in [0, 0.05) is 24.7 Å². The second kappa shape index (κ2) is 8.53. The average Bonchev–Trinajstić information content (AvgIpc) is 3.52. The van der Waals surface area contributed by atoms with Gasteiger partial charge in [-0.2, -0.15) is 0 Å². The molecule has 2 aromatic carbocycles.